The number of rotatable bonds is 4. The highest BCUT2D eigenvalue weighted by atomic mass is 16.4. The van der Waals surface area contributed by atoms with Crippen LogP contribution in [-0.4, -0.2) is 40.5 Å². The maximum Gasteiger partial charge on any atom is 0.354 e. The van der Waals surface area contributed by atoms with Gasteiger partial charge in [-0.1, -0.05) is 12.5 Å². The molecule has 0 saturated heterocycles. The molecule has 1 heterocycles. The Bertz CT molecular complexity index is 572. The van der Waals surface area contributed by atoms with Crippen molar-refractivity contribution >= 4 is 11.9 Å². The molecule has 5 nitrogen and oxygen atoms in total. The smallest absolute Gasteiger partial charge is 0.354 e. The molecular formula is C16H20N2O3. The topological polar surface area (TPSA) is 70.5 Å². The van der Waals surface area contributed by atoms with Crippen molar-refractivity contribution in [2.75, 3.05) is 13.6 Å². The lowest BCUT2D eigenvalue weighted by Crippen LogP contribution is -2.34. The predicted molar refractivity (Wildman–Crippen MR) is 77.1 cm³/mol. The molecule has 21 heavy (non-hydrogen) atoms. The van der Waals surface area contributed by atoms with Crippen molar-refractivity contribution < 1.29 is 14.7 Å². The molecule has 2 aliphatic carbocycles. The number of carbonyl (C=O) groups excluding carboxylic acids is 1. The van der Waals surface area contributed by atoms with Crippen molar-refractivity contribution in [3.05, 3.63) is 29.6 Å². The zero-order valence-corrected chi connectivity index (χ0v) is 12.2. The number of fused-ring (bicyclic) bond motifs is 2. The lowest BCUT2D eigenvalue weighted by atomic mass is 9.88. The SMILES string of the molecule is CN(CC1CC2CCC1C2)C(=O)c1cccc(C(=O)O)n1. The van der Waals surface area contributed by atoms with Crippen LogP contribution in [0.5, 0.6) is 0 Å². The van der Waals surface area contributed by atoms with Gasteiger partial charge in [-0.3, -0.25) is 4.79 Å². The molecule has 2 bridgehead atoms. The third-order valence-corrected chi connectivity index (χ3v) is 4.93. The number of pyridine rings is 1. The van der Waals surface area contributed by atoms with Crippen LogP contribution >= 0.6 is 0 Å². The van der Waals surface area contributed by atoms with Crippen LogP contribution in [0.1, 0.15) is 46.7 Å². The van der Waals surface area contributed by atoms with E-state index in [-0.39, 0.29) is 17.3 Å². The summed E-state index contributed by atoms with van der Waals surface area (Å²) in [6.45, 7) is 0.749. The van der Waals surface area contributed by atoms with Gasteiger partial charge in [-0.15, -0.1) is 0 Å². The first-order valence-electron chi connectivity index (χ1n) is 7.50. The maximum atomic E-state index is 12.4. The zero-order valence-electron chi connectivity index (χ0n) is 12.2. The molecule has 3 unspecified atom stereocenters. The summed E-state index contributed by atoms with van der Waals surface area (Å²) in [4.78, 5) is 28.9. The average Bonchev–Trinajstić information content (AvgIpc) is 3.09. The van der Waals surface area contributed by atoms with E-state index in [1.807, 2.05) is 0 Å². The third-order valence-electron chi connectivity index (χ3n) is 4.93. The summed E-state index contributed by atoms with van der Waals surface area (Å²) in [5, 5.41) is 8.94. The Kier molecular flexibility index (Phi) is 3.66. The molecule has 3 rings (SSSR count). The first-order valence-corrected chi connectivity index (χ1v) is 7.50. The number of carboxylic acid groups (broad SMARTS) is 1. The van der Waals surface area contributed by atoms with Crippen LogP contribution < -0.4 is 0 Å². The molecule has 1 amide bonds. The summed E-state index contributed by atoms with van der Waals surface area (Å²) in [5.41, 5.74) is 0.120. The molecule has 2 fully saturated rings. The number of nitrogens with zero attached hydrogens (tertiary/aromatic N) is 2. The molecule has 2 saturated carbocycles. The summed E-state index contributed by atoms with van der Waals surface area (Å²) in [7, 11) is 1.78. The van der Waals surface area contributed by atoms with Crippen LogP contribution in [0.15, 0.2) is 18.2 Å². The van der Waals surface area contributed by atoms with E-state index in [1.165, 1.54) is 31.7 Å². The van der Waals surface area contributed by atoms with Gasteiger partial charge in [-0.05, 0) is 49.1 Å². The number of carboxylic acids is 1. The molecule has 0 aliphatic heterocycles. The zero-order chi connectivity index (χ0) is 15.0. The van der Waals surface area contributed by atoms with Gasteiger partial charge >= 0.3 is 5.97 Å². The van der Waals surface area contributed by atoms with Crippen LogP contribution in [0.2, 0.25) is 0 Å². The summed E-state index contributed by atoms with van der Waals surface area (Å²) in [6, 6.07) is 4.54. The van der Waals surface area contributed by atoms with Gasteiger partial charge in [0.25, 0.3) is 5.91 Å². The summed E-state index contributed by atoms with van der Waals surface area (Å²) >= 11 is 0. The van der Waals surface area contributed by atoms with Crippen molar-refractivity contribution in [3.63, 3.8) is 0 Å². The summed E-state index contributed by atoms with van der Waals surface area (Å²) in [6.07, 6.45) is 5.19. The van der Waals surface area contributed by atoms with Gasteiger partial charge in [-0.2, -0.15) is 0 Å². The van der Waals surface area contributed by atoms with Gasteiger partial charge in [0, 0.05) is 13.6 Å². The minimum absolute atomic E-state index is 0.0887. The lowest BCUT2D eigenvalue weighted by molar-refractivity contribution is 0.0689. The van der Waals surface area contributed by atoms with Gasteiger partial charge in [0.2, 0.25) is 0 Å². The van der Waals surface area contributed by atoms with Crippen LogP contribution in [0.3, 0.4) is 0 Å². The number of carbonyl (C=O) groups is 2. The van der Waals surface area contributed by atoms with Crippen LogP contribution in [0.25, 0.3) is 0 Å². The fourth-order valence-corrected chi connectivity index (χ4v) is 3.90. The fraction of sp³-hybridized carbons (Fsp3) is 0.562. The van der Waals surface area contributed by atoms with Gasteiger partial charge in [0.1, 0.15) is 11.4 Å². The average molecular weight is 288 g/mol. The van der Waals surface area contributed by atoms with Crippen molar-refractivity contribution in [1.82, 2.24) is 9.88 Å². The molecule has 1 aromatic rings. The summed E-state index contributed by atoms with van der Waals surface area (Å²) < 4.78 is 0. The molecule has 0 radical (unpaired) electrons. The number of hydrogen-bond acceptors (Lipinski definition) is 3. The monoisotopic (exact) mass is 288 g/mol. The van der Waals surface area contributed by atoms with Crippen molar-refractivity contribution in [2.45, 2.75) is 25.7 Å². The molecule has 2 aliphatic rings. The van der Waals surface area contributed by atoms with Gasteiger partial charge in [0.05, 0.1) is 0 Å². The van der Waals surface area contributed by atoms with Gasteiger partial charge < -0.3 is 10.0 Å². The Labute approximate surface area is 124 Å². The second-order valence-electron chi connectivity index (χ2n) is 6.33. The Hall–Kier alpha value is -1.91. The van der Waals surface area contributed by atoms with Gasteiger partial charge in [-0.25, -0.2) is 9.78 Å². The number of aromatic carboxylic acids is 1. The third kappa shape index (κ3) is 2.77. The van der Waals surface area contributed by atoms with E-state index in [9.17, 15) is 9.59 Å². The van der Waals surface area contributed by atoms with E-state index in [1.54, 1.807) is 24.1 Å². The Morgan fingerprint density at radius 3 is 2.67 bits per heavy atom. The highest BCUT2D eigenvalue weighted by Crippen LogP contribution is 2.48. The minimum atomic E-state index is -1.11. The second kappa shape index (κ2) is 5.47. The summed E-state index contributed by atoms with van der Waals surface area (Å²) in [5.74, 6) is 0.919. The van der Waals surface area contributed by atoms with Gasteiger partial charge in [0.15, 0.2) is 0 Å². The largest absolute Gasteiger partial charge is 0.477 e. The molecule has 3 atom stereocenters. The van der Waals surface area contributed by atoms with Crippen molar-refractivity contribution in [2.24, 2.45) is 17.8 Å². The maximum absolute atomic E-state index is 12.4. The number of aromatic nitrogens is 1. The first-order chi connectivity index (χ1) is 10.0. The Morgan fingerprint density at radius 1 is 1.29 bits per heavy atom. The number of hydrogen-bond donors (Lipinski definition) is 1. The fourth-order valence-electron chi connectivity index (χ4n) is 3.90. The standard InChI is InChI=1S/C16H20N2O3/c1-18(9-12-8-10-5-6-11(12)7-10)15(19)13-3-2-4-14(17-13)16(20)21/h2-4,10-12H,5-9H2,1H3,(H,20,21). The second-order valence-corrected chi connectivity index (χ2v) is 6.33. The quantitative estimate of drug-likeness (QED) is 0.922. The first kappa shape index (κ1) is 14.0. The molecule has 1 N–H and O–H groups in total. The lowest BCUT2D eigenvalue weighted by Gasteiger charge is -2.27. The van der Waals surface area contributed by atoms with E-state index in [2.05, 4.69) is 4.98 Å². The molecule has 5 heteroatoms. The minimum Gasteiger partial charge on any atom is -0.477 e. The highest BCUT2D eigenvalue weighted by molar-refractivity contribution is 5.94. The van der Waals surface area contributed by atoms with Crippen LogP contribution in [0.4, 0.5) is 0 Å². The van der Waals surface area contributed by atoms with E-state index in [4.69, 9.17) is 5.11 Å². The molecule has 1 aromatic heterocycles. The van der Waals surface area contributed by atoms with Crippen molar-refractivity contribution in [1.29, 1.82) is 0 Å². The van der Waals surface area contributed by atoms with E-state index < -0.39 is 5.97 Å². The Morgan fingerprint density at radius 2 is 2.05 bits per heavy atom. The highest BCUT2D eigenvalue weighted by Gasteiger charge is 2.40. The molecular weight excluding hydrogens is 268 g/mol. The van der Waals surface area contributed by atoms with Crippen LogP contribution in [-0.2, 0) is 0 Å². The van der Waals surface area contributed by atoms with E-state index in [0.717, 1.165) is 18.4 Å². The molecule has 0 spiro atoms. The van der Waals surface area contributed by atoms with E-state index in [0.29, 0.717) is 5.92 Å². The normalized spacial score (nSPS) is 26.8. The molecule has 112 valence electrons. The predicted octanol–water partition coefficient (Wildman–Crippen LogP) is 2.29. The van der Waals surface area contributed by atoms with Crippen molar-refractivity contribution in [3.8, 4) is 0 Å². The van der Waals surface area contributed by atoms with Crippen LogP contribution in [0, 0.1) is 17.8 Å². The number of amides is 1. The van der Waals surface area contributed by atoms with E-state index >= 15 is 0 Å². The molecule has 0 aromatic carbocycles. The Balaban J connectivity index is 1.67.